The molecule has 0 aromatic heterocycles. The number of hydrogen-bond acceptors (Lipinski definition) is 3. The molecule has 0 amide bonds. The average Bonchev–Trinajstić information content (AvgIpc) is 2.41. The summed E-state index contributed by atoms with van der Waals surface area (Å²) in [6.45, 7) is 10.3. The molecule has 0 aliphatic heterocycles. The lowest BCUT2D eigenvalue weighted by Gasteiger charge is -2.14. The summed E-state index contributed by atoms with van der Waals surface area (Å²) in [5.41, 5.74) is 1.18. The molecule has 0 unspecified atom stereocenters. The fourth-order valence-corrected chi connectivity index (χ4v) is 2.30. The predicted octanol–water partition coefficient (Wildman–Crippen LogP) is 4.00. The fraction of sp³-hybridized carbons (Fsp3) is 0.625. The van der Waals surface area contributed by atoms with Crippen LogP contribution in [0.25, 0.3) is 0 Å². The number of benzene rings is 1. The summed E-state index contributed by atoms with van der Waals surface area (Å²) in [5, 5.41) is 3.40. The maximum Gasteiger partial charge on any atom is 0.138 e. The van der Waals surface area contributed by atoms with Gasteiger partial charge < -0.3 is 14.8 Å². The van der Waals surface area contributed by atoms with Crippen LogP contribution >= 0.6 is 15.9 Å². The second kappa shape index (κ2) is 10.2. The van der Waals surface area contributed by atoms with Crippen LogP contribution in [0.4, 0.5) is 0 Å². The van der Waals surface area contributed by atoms with Crippen molar-refractivity contribution in [3.05, 3.63) is 28.2 Å². The lowest BCUT2D eigenvalue weighted by molar-refractivity contribution is 0.0814. The van der Waals surface area contributed by atoms with Crippen molar-refractivity contribution in [3.63, 3.8) is 0 Å². The van der Waals surface area contributed by atoms with E-state index in [0.717, 1.165) is 36.3 Å². The van der Waals surface area contributed by atoms with Crippen LogP contribution in [-0.4, -0.2) is 26.4 Å². The molecule has 0 saturated carbocycles. The van der Waals surface area contributed by atoms with Gasteiger partial charge in [0.05, 0.1) is 11.1 Å². The van der Waals surface area contributed by atoms with E-state index in [1.807, 2.05) is 12.1 Å². The van der Waals surface area contributed by atoms with E-state index in [2.05, 4.69) is 48.1 Å². The summed E-state index contributed by atoms with van der Waals surface area (Å²) < 4.78 is 12.4. The fourth-order valence-electron chi connectivity index (χ4n) is 1.78. The first-order chi connectivity index (χ1) is 9.65. The standard InChI is InChI=1S/C16H26BrNO2/c1-4-8-18-11-14-6-5-7-15(17)16(14)20-10-9-19-12-13(2)3/h5-7,13,18H,4,8-12H2,1-3H3. The molecule has 0 spiro atoms. The Morgan fingerprint density at radius 2 is 2.05 bits per heavy atom. The first kappa shape index (κ1) is 17.5. The third-order valence-corrected chi connectivity index (χ3v) is 3.34. The number of para-hydroxylation sites is 1. The van der Waals surface area contributed by atoms with Crippen LogP contribution in [0, 0.1) is 5.92 Å². The smallest absolute Gasteiger partial charge is 0.138 e. The highest BCUT2D eigenvalue weighted by molar-refractivity contribution is 9.10. The maximum absolute atomic E-state index is 5.87. The SMILES string of the molecule is CCCNCc1cccc(Br)c1OCCOCC(C)C. The molecule has 0 atom stereocenters. The third kappa shape index (κ3) is 6.73. The highest BCUT2D eigenvalue weighted by Gasteiger charge is 2.07. The molecule has 0 radical (unpaired) electrons. The molecule has 3 nitrogen and oxygen atoms in total. The lowest BCUT2D eigenvalue weighted by Crippen LogP contribution is -2.16. The number of ether oxygens (including phenoxy) is 2. The minimum absolute atomic E-state index is 0.562. The normalized spacial score (nSPS) is 11.1. The Morgan fingerprint density at radius 1 is 1.25 bits per heavy atom. The third-order valence-electron chi connectivity index (χ3n) is 2.72. The molecule has 0 aliphatic rings. The molecule has 1 aromatic rings. The Balaban J connectivity index is 2.45. The second-order valence-corrected chi connectivity index (χ2v) is 6.08. The molecule has 20 heavy (non-hydrogen) atoms. The number of rotatable bonds is 10. The molecule has 1 N–H and O–H groups in total. The van der Waals surface area contributed by atoms with Gasteiger partial charge in [0.15, 0.2) is 0 Å². The van der Waals surface area contributed by atoms with Gasteiger partial charge in [-0.15, -0.1) is 0 Å². The van der Waals surface area contributed by atoms with E-state index in [9.17, 15) is 0 Å². The molecular formula is C16H26BrNO2. The summed E-state index contributed by atoms with van der Waals surface area (Å²) in [7, 11) is 0. The van der Waals surface area contributed by atoms with E-state index in [1.54, 1.807) is 0 Å². The molecule has 0 bridgehead atoms. The zero-order valence-electron chi connectivity index (χ0n) is 12.7. The summed E-state index contributed by atoms with van der Waals surface area (Å²) in [6, 6.07) is 6.14. The van der Waals surface area contributed by atoms with Crippen LogP contribution in [0.15, 0.2) is 22.7 Å². The van der Waals surface area contributed by atoms with Crippen molar-refractivity contribution in [3.8, 4) is 5.75 Å². The van der Waals surface area contributed by atoms with Crippen LogP contribution in [-0.2, 0) is 11.3 Å². The maximum atomic E-state index is 5.87. The monoisotopic (exact) mass is 343 g/mol. The van der Waals surface area contributed by atoms with Crippen molar-refractivity contribution in [1.82, 2.24) is 5.32 Å². The van der Waals surface area contributed by atoms with E-state index < -0.39 is 0 Å². The van der Waals surface area contributed by atoms with Crippen molar-refractivity contribution < 1.29 is 9.47 Å². The zero-order chi connectivity index (χ0) is 14.8. The van der Waals surface area contributed by atoms with Gasteiger partial charge in [0.1, 0.15) is 12.4 Å². The largest absolute Gasteiger partial charge is 0.490 e. The van der Waals surface area contributed by atoms with Crippen LogP contribution in [0.3, 0.4) is 0 Å². The van der Waals surface area contributed by atoms with Gasteiger partial charge in [-0.25, -0.2) is 0 Å². The van der Waals surface area contributed by atoms with Crippen LogP contribution in [0.1, 0.15) is 32.8 Å². The average molecular weight is 344 g/mol. The number of nitrogens with one attached hydrogen (secondary N) is 1. The van der Waals surface area contributed by atoms with Crippen molar-refractivity contribution in [1.29, 1.82) is 0 Å². The van der Waals surface area contributed by atoms with Gasteiger partial charge in [0.25, 0.3) is 0 Å². The molecule has 1 aromatic carbocycles. The first-order valence-electron chi connectivity index (χ1n) is 7.33. The van der Waals surface area contributed by atoms with E-state index in [-0.39, 0.29) is 0 Å². The molecule has 4 heteroatoms. The molecule has 1 rings (SSSR count). The van der Waals surface area contributed by atoms with Crippen LogP contribution in [0.5, 0.6) is 5.75 Å². The first-order valence-corrected chi connectivity index (χ1v) is 8.13. The minimum Gasteiger partial charge on any atom is -0.490 e. The Bertz CT molecular complexity index is 383. The predicted molar refractivity (Wildman–Crippen MR) is 87.3 cm³/mol. The Hall–Kier alpha value is -0.580. The topological polar surface area (TPSA) is 30.5 Å². The van der Waals surface area contributed by atoms with E-state index in [0.29, 0.717) is 19.1 Å². The van der Waals surface area contributed by atoms with Gasteiger partial charge in [-0.3, -0.25) is 0 Å². The molecular weight excluding hydrogens is 318 g/mol. The molecule has 0 saturated heterocycles. The molecule has 0 fully saturated rings. The minimum atomic E-state index is 0.562. The van der Waals surface area contributed by atoms with Gasteiger partial charge in [-0.2, -0.15) is 0 Å². The van der Waals surface area contributed by atoms with Gasteiger partial charge in [-0.05, 0) is 40.9 Å². The molecule has 0 heterocycles. The Kier molecular flexibility index (Phi) is 8.90. The molecule has 114 valence electrons. The van der Waals surface area contributed by atoms with Crippen molar-refractivity contribution in [2.45, 2.75) is 33.7 Å². The summed E-state index contributed by atoms with van der Waals surface area (Å²) in [4.78, 5) is 0. The molecule has 0 aliphatic carbocycles. The van der Waals surface area contributed by atoms with Gasteiger partial charge in [0, 0.05) is 18.7 Å². The van der Waals surface area contributed by atoms with Crippen LogP contribution < -0.4 is 10.1 Å². The second-order valence-electron chi connectivity index (χ2n) is 5.22. The van der Waals surface area contributed by atoms with E-state index in [1.165, 1.54) is 5.56 Å². The lowest BCUT2D eigenvalue weighted by atomic mass is 10.2. The van der Waals surface area contributed by atoms with E-state index >= 15 is 0 Å². The number of hydrogen-bond donors (Lipinski definition) is 1. The summed E-state index contributed by atoms with van der Waals surface area (Å²) >= 11 is 3.55. The quantitative estimate of drug-likeness (QED) is 0.651. The van der Waals surface area contributed by atoms with Gasteiger partial charge in [0.2, 0.25) is 0 Å². The zero-order valence-corrected chi connectivity index (χ0v) is 14.3. The highest BCUT2D eigenvalue weighted by atomic mass is 79.9. The number of halogens is 1. The summed E-state index contributed by atoms with van der Waals surface area (Å²) in [6.07, 6.45) is 1.13. The van der Waals surface area contributed by atoms with Crippen molar-refractivity contribution >= 4 is 15.9 Å². The van der Waals surface area contributed by atoms with E-state index in [4.69, 9.17) is 9.47 Å². The van der Waals surface area contributed by atoms with Crippen molar-refractivity contribution in [2.24, 2.45) is 5.92 Å². The Morgan fingerprint density at radius 3 is 2.75 bits per heavy atom. The van der Waals surface area contributed by atoms with Crippen molar-refractivity contribution in [2.75, 3.05) is 26.4 Å². The Labute approximate surface area is 131 Å². The summed E-state index contributed by atoms with van der Waals surface area (Å²) in [5.74, 6) is 1.48. The highest BCUT2D eigenvalue weighted by Crippen LogP contribution is 2.29. The van der Waals surface area contributed by atoms with Gasteiger partial charge >= 0.3 is 0 Å². The van der Waals surface area contributed by atoms with Gasteiger partial charge in [-0.1, -0.05) is 32.9 Å². The van der Waals surface area contributed by atoms with Crippen LogP contribution in [0.2, 0.25) is 0 Å².